The van der Waals surface area contributed by atoms with Crippen LogP contribution in [0.3, 0.4) is 0 Å². The summed E-state index contributed by atoms with van der Waals surface area (Å²) in [5, 5.41) is 9.77. The molecule has 2 aromatic rings. The van der Waals surface area contributed by atoms with Crippen LogP contribution in [0.5, 0.6) is 0 Å². The van der Waals surface area contributed by atoms with Crippen LogP contribution >= 0.6 is 0 Å². The number of hydrogen-bond donors (Lipinski definition) is 2. The van der Waals surface area contributed by atoms with E-state index in [0.29, 0.717) is 24.6 Å². The van der Waals surface area contributed by atoms with Gasteiger partial charge in [0, 0.05) is 27.7 Å². The summed E-state index contributed by atoms with van der Waals surface area (Å²) in [6.45, 7) is 8.07. The highest BCUT2D eigenvalue weighted by Crippen LogP contribution is 2.23. The first-order valence-electron chi connectivity index (χ1n) is 11.5. The lowest BCUT2D eigenvalue weighted by molar-refractivity contribution is -0.194. The Labute approximate surface area is 197 Å². The van der Waals surface area contributed by atoms with Crippen molar-refractivity contribution in [3.63, 3.8) is 0 Å². The van der Waals surface area contributed by atoms with Crippen molar-refractivity contribution in [3.05, 3.63) is 41.7 Å². The first-order chi connectivity index (χ1) is 15.7. The van der Waals surface area contributed by atoms with Crippen LogP contribution in [0, 0.1) is 0 Å². The van der Waals surface area contributed by atoms with E-state index in [2.05, 4.69) is 29.6 Å². The first kappa shape index (κ1) is 26.0. The molecule has 0 aliphatic carbocycles. The zero-order valence-corrected chi connectivity index (χ0v) is 21.6. The van der Waals surface area contributed by atoms with E-state index in [1.165, 1.54) is 0 Å². The molecule has 1 aliphatic heterocycles. The van der Waals surface area contributed by atoms with Crippen molar-refractivity contribution in [2.24, 2.45) is 0 Å². The molecule has 3 rings (SSSR count). The predicted octanol–water partition coefficient (Wildman–Crippen LogP) is 3.54. The molecule has 0 saturated carbocycles. The molecule has 0 spiro atoms. The largest absolute Gasteiger partial charge is 0.394 e. The summed E-state index contributed by atoms with van der Waals surface area (Å²) in [7, 11) is -5.06. The van der Waals surface area contributed by atoms with E-state index in [0.717, 1.165) is 25.3 Å². The molecule has 2 heterocycles. The van der Waals surface area contributed by atoms with Crippen molar-refractivity contribution in [2.45, 2.75) is 80.4 Å². The predicted molar refractivity (Wildman–Crippen MR) is 128 cm³/mol. The fourth-order valence-corrected chi connectivity index (χ4v) is 5.49. The summed E-state index contributed by atoms with van der Waals surface area (Å²) in [6.07, 6.45) is 2.13. The number of aliphatic hydroxyl groups is 1. The van der Waals surface area contributed by atoms with Crippen LogP contribution in [0.4, 0.5) is 0 Å². The van der Waals surface area contributed by atoms with Crippen molar-refractivity contribution in [1.29, 1.82) is 0 Å². The number of benzene rings is 1. The fourth-order valence-electron chi connectivity index (χ4n) is 3.50. The maximum absolute atomic E-state index is 13.1. The van der Waals surface area contributed by atoms with E-state index in [1.807, 2.05) is 0 Å². The average Bonchev–Trinajstić information content (AvgIpc) is 3.20. The van der Waals surface area contributed by atoms with Crippen molar-refractivity contribution in [3.8, 4) is 0 Å². The fraction of sp³-hybridized carbons (Fsp3) is 0.609. The van der Waals surface area contributed by atoms with Crippen molar-refractivity contribution >= 4 is 17.9 Å². The summed E-state index contributed by atoms with van der Waals surface area (Å²) in [5.74, 6) is 0. The summed E-state index contributed by atoms with van der Waals surface area (Å²) in [4.78, 5) is 7.56. The van der Waals surface area contributed by atoms with Crippen LogP contribution in [0.15, 0.2) is 40.4 Å². The molecular weight excluding hydrogens is 460 g/mol. The number of aromatic amines is 1. The Morgan fingerprint density at radius 2 is 2.00 bits per heavy atom. The Hall–Kier alpha value is -1.56. The average molecular weight is 497 g/mol. The number of aromatic nitrogens is 2. The molecule has 1 aromatic heterocycles. The quantitative estimate of drug-likeness (QED) is 0.341. The molecule has 2 N–H and O–H groups in total. The molecule has 1 saturated heterocycles. The van der Waals surface area contributed by atoms with Gasteiger partial charge in [-0.15, -0.1) is 0 Å². The summed E-state index contributed by atoms with van der Waals surface area (Å²) >= 11 is 0. The molecule has 0 radical (unpaired) electrons. The normalized spacial score (nSPS) is 18.4. The molecule has 2 atom stereocenters. The number of imidazole rings is 1. The highest BCUT2D eigenvalue weighted by molar-refractivity contribution is 7.91. The van der Waals surface area contributed by atoms with Gasteiger partial charge < -0.3 is 24.3 Å². The van der Waals surface area contributed by atoms with Gasteiger partial charge in [0.25, 0.3) is 0 Å². The zero-order valence-electron chi connectivity index (χ0n) is 19.7. The van der Waals surface area contributed by atoms with Crippen LogP contribution in [0.1, 0.15) is 30.7 Å². The van der Waals surface area contributed by atoms with Gasteiger partial charge in [0.1, 0.15) is 0 Å². The van der Waals surface area contributed by atoms with Gasteiger partial charge in [0.15, 0.2) is 6.29 Å². The minimum Gasteiger partial charge on any atom is -0.394 e. The summed E-state index contributed by atoms with van der Waals surface area (Å²) in [6, 6.07) is 9.21. The lowest BCUT2D eigenvalue weighted by Crippen LogP contribution is -2.31. The van der Waals surface area contributed by atoms with Crippen molar-refractivity contribution < 1.29 is 27.7 Å². The molecule has 8 nitrogen and oxygen atoms in total. The van der Waals surface area contributed by atoms with Gasteiger partial charge in [-0.05, 0) is 37.4 Å². The van der Waals surface area contributed by atoms with E-state index < -0.39 is 24.0 Å². The van der Waals surface area contributed by atoms with Gasteiger partial charge in [0.05, 0.1) is 35.6 Å². The van der Waals surface area contributed by atoms with Crippen LogP contribution in [-0.2, 0) is 37.1 Å². The minimum absolute atomic E-state index is 0.127. The maximum atomic E-state index is 13.1. The Morgan fingerprint density at radius 3 is 2.64 bits per heavy atom. The smallest absolute Gasteiger partial charge is 0.239 e. The van der Waals surface area contributed by atoms with Gasteiger partial charge in [0.2, 0.25) is 15.0 Å². The zero-order chi connectivity index (χ0) is 23.9. The standard InChI is InChI=1S/C23H36N2O6SSi/c1-33(2,3)14-13-29-17-21-20(15-18(16-26)31-22-11-7-8-12-30-22)24-23(25-21)32(27,28)19-9-5-4-6-10-19/h4-6,9-10,18,22,26H,7-8,11-17H2,1-3H3,(H,24,25)/t18?,22-/m0/s1. The van der Waals surface area contributed by atoms with Gasteiger partial charge in [-0.25, -0.2) is 13.4 Å². The topological polar surface area (TPSA) is 111 Å². The number of ether oxygens (including phenoxy) is 3. The van der Waals surface area contributed by atoms with Crippen LogP contribution in [0.25, 0.3) is 0 Å². The van der Waals surface area contributed by atoms with Gasteiger partial charge in [-0.2, -0.15) is 0 Å². The second kappa shape index (κ2) is 11.7. The van der Waals surface area contributed by atoms with E-state index >= 15 is 0 Å². The number of aliphatic hydroxyl groups excluding tert-OH is 1. The number of sulfone groups is 1. The number of nitrogens with one attached hydrogen (secondary N) is 1. The lowest BCUT2D eigenvalue weighted by Gasteiger charge is -2.26. The van der Waals surface area contributed by atoms with E-state index in [4.69, 9.17) is 14.2 Å². The van der Waals surface area contributed by atoms with E-state index in [-0.39, 0.29) is 36.0 Å². The van der Waals surface area contributed by atoms with E-state index in [9.17, 15) is 13.5 Å². The van der Waals surface area contributed by atoms with Gasteiger partial charge in [-0.3, -0.25) is 0 Å². The first-order valence-corrected chi connectivity index (χ1v) is 16.7. The Bertz CT molecular complexity index is 969. The highest BCUT2D eigenvalue weighted by Gasteiger charge is 2.27. The molecule has 33 heavy (non-hydrogen) atoms. The molecule has 1 fully saturated rings. The molecular formula is C23H36N2O6SSi. The third kappa shape index (κ3) is 7.73. The third-order valence-electron chi connectivity index (χ3n) is 5.50. The molecule has 10 heteroatoms. The molecule has 1 aliphatic rings. The minimum atomic E-state index is -3.81. The number of rotatable bonds is 12. The Kier molecular flexibility index (Phi) is 9.25. The monoisotopic (exact) mass is 496 g/mol. The number of nitrogens with zero attached hydrogens (tertiary/aromatic N) is 1. The SMILES string of the molecule is C[Si](C)(C)CCOCc1[nH]c(S(=O)(=O)c2ccccc2)nc1CC(CO)O[C@H]1CCCCO1. The summed E-state index contributed by atoms with van der Waals surface area (Å²) in [5.41, 5.74) is 1.11. The molecule has 1 aromatic carbocycles. The summed E-state index contributed by atoms with van der Waals surface area (Å²) < 4.78 is 43.6. The number of hydrogen-bond acceptors (Lipinski definition) is 7. The van der Waals surface area contributed by atoms with Crippen molar-refractivity contribution in [1.82, 2.24) is 9.97 Å². The molecule has 0 bridgehead atoms. The second-order valence-electron chi connectivity index (χ2n) is 9.59. The van der Waals surface area contributed by atoms with Gasteiger partial charge >= 0.3 is 0 Å². The second-order valence-corrected chi connectivity index (χ2v) is 17.1. The van der Waals surface area contributed by atoms with Crippen LogP contribution in [0.2, 0.25) is 25.7 Å². The van der Waals surface area contributed by atoms with Crippen LogP contribution < -0.4 is 0 Å². The maximum Gasteiger partial charge on any atom is 0.239 e. The molecule has 0 amide bonds. The van der Waals surface area contributed by atoms with Crippen LogP contribution in [-0.4, -0.2) is 63.8 Å². The van der Waals surface area contributed by atoms with Crippen molar-refractivity contribution in [2.75, 3.05) is 19.8 Å². The Morgan fingerprint density at radius 1 is 1.24 bits per heavy atom. The van der Waals surface area contributed by atoms with Gasteiger partial charge in [-0.1, -0.05) is 37.8 Å². The Balaban J connectivity index is 1.79. The number of H-pyrrole nitrogens is 1. The molecule has 184 valence electrons. The third-order valence-corrected chi connectivity index (χ3v) is 8.80. The van der Waals surface area contributed by atoms with E-state index in [1.54, 1.807) is 30.3 Å². The lowest BCUT2D eigenvalue weighted by atomic mass is 10.1. The highest BCUT2D eigenvalue weighted by atomic mass is 32.2. The molecule has 1 unspecified atom stereocenters.